The van der Waals surface area contributed by atoms with Crippen LogP contribution in [-0.2, 0) is 6.42 Å². The van der Waals surface area contributed by atoms with Gasteiger partial charge in [-0.2, -0.15) is 0 Å². The molecule has 0 saturated heterocycles. The molecule has 90 valence electrons. The molecule has 5 heteroatoms. The number of imidazole rings is 1. The van der Waals surface area contributed by atoms with Crippen LogP contribution >= 0.6 is 0 Å². The summed E-state index contributed by atoms with van der Waals surface area (Å²) in [6.45, 7) is 4.03. The first kappa shape index (κ1) is 11.6. The highest BCUT2D eigenvalue weighted by Gasteiger charge is 2.07. The summed E-state index contributed by atoms with van der Waals surface area (Å²) < 4.78 is 2.01. The molecule has 2 heterocycles. The van der Waals surface area contributed by atoms with Crippen LogP contribution < -0.4 is 5.32 Å². The normalized spacial score (nSPS) is 10.5. The van der Waals surface area contributed by atoms with E-state index in [0.717, 1.165) is 36.1 Å². The van der Waals surface area contributed by atoms with Crippen molar-refractivity contribution in [3.05, 3.63) is 30.1 Å². The van der Waals surface area contributed by atoms with Crippen LogP contribution in [0.2, 0.25) is 0 Å². The fourth-order valence-corrected chi connectivity index (χ4v) is 1.75. The Morgan fingerprint density at radius 3 is 2.88 bits per heavy atom. The molecule has 0 aliphatic rings. The minimum absolute atomic E-state index is 0.753. The second kappa shape index (κ2) is 4.95. The molecule has 0 unspecified atom stereocenters. The molecule has 0 aliphatic carbocycles. The first-order valence-corrected chi connectivity index (χ1v) is 5.80. The maximum Gasteiger partial charge on any atom is 0.143 e. The lowest BCUT2D eigenvalue weighted by atomic mass is 10.3. The number of hydrogen-bond donors (Lipinski definition) is 1. The van der Waals surface area contributed by atoms with Gasteiger partial charge >= 0.3 is 0 Å². The van der Waals surface area contributed by atoms with Gasteiger partial charge in [0.25, 0.3) is 0 Å². The first-order valence-electron chi connectivity index (χ1n) is 5.80. The van der Waals surface area contributed by atoms with Crippen LogP contribution in [0.15, 0.2) is 18.5 Å². The smallest absolute Gasteiger partial charge is 0.143 e. The predicted octanol–water partition coefficient (Wildman–Crippen LogP) is 1.96. The summed E-state index contributed by atoms with van der Waals surface area (Å²) in [7, 11) is 1.85. The van der Waals surface area contributed by atoms with Crippen LogP contribution in [0.4, 0.5) is 5.82 Å². The molecule has 0 bridgehead atoms. The zero-order chi connectivity index (χ0) is 12.3. The van der Waals surface area contributed by atoms with Gasteiger partial charge in [-0.15, -0.1) is 0 Å². The molecule has 5 nitrogen and oxygen atoms in total. The monoisotopic (exact) mass is 231 g/mol. The van der Waals surface area contributed by atoms with E-state index in [1.54, 1.807) is 0 Å². The number of rotatable bonds is 4. The fraction of sp³-hybridized carbons (Fsp3) is 0.417. The van der Waals surface area contributed by atoms with Crippen molar-refractivity contribution in [2.24, 2.45) is 0 Å². The van der Waals surface area contributed by atoms with Gasteiger partial charge in [0.1, 0.15) is 23.3 Å². The van der Waals surface area contributed by atoms with Gasteiger partial charge in [0, 0.05) is 31.9 Å². The van der Waals surface area contributed by atoms with Crippen molar-refractivity contribution >= 4 is 5.82 Å². The second-order valence-corrected chi connectivity index (χ2v) is 3.87. The third kappa shape index (κ3) is 2.43. The zero-order valence-electron chi connectivity index (χ0n) is 10.4. The highest BCUT2D eigenvalue weighted by molar-refractivity contribution is 5.41. The van der Waals surface area contributed by atoms with Crippen molar-refractivity contribution in [2.75, 3.05) is 12.4 Å². The molecule has 0 radical (unpaired) electrons. The summed E-state index contributed by atoms with van der Waals surface area (Å²) in [6, 6.07) is 1.92. The highest BCUT2D eigenvalue weighted by Crippen LogP contribution is 2.13. The van der Waals surface area contributed by atoms with Crippen molar-refractivity contribution in [2.45, 2.75) is 26.7 Å². The van der Waals surface area contributed by atoms with E-state index >= 15 is 0 Å². The average molecular weight is 231 g/mol. The van der Waals surface area contributed by atoms with E-state index in [0.29, 0.717) is 0 Å². The fourth-order valence-electron chi connectivity index (χ4n) is 1.75. The molecule has 0 aromatic carbocycles. The molecular formula is C12H17N5. The summed E-state index contributed by atoms with van der Waals surface area (Å²) in [5.74, 6) is 3.47. The number of aryl methyl sites for hydroxylation is 2. The standard InChI is InChI=1S/C12H17N5/c1-4-5-11-14-6-7-17(11)12-8-10(13-3)15-9(2)16-12/h6-8H,4-5H2,1-3H3,(H,13,15,16). The Bertz CT molecular complexity index is 503. The summed E-state index contributed by atoms with van der Waals surface area (Å²) in [5, 5.41) is 3.04. The largest absolute Gasteiger partial charge is 0.373 e. The Labute approximate surface area is 101 Å². The molecule has 0 fully saturated rings. The van der Waals surface area contributed by atoms with Crippen molar-refractivity contribution < 1.29 is 0 Å². The lowest BCUT2D eigenvalue weighted by molar-refractivity contribution is 0.792. The summed E-state index contributed by atoms with van der Waals surface area (Å²) in [4.78, 5) is 13.1. The van der Waals surface area contributed by atoms with Crippen molar-refractivity contribution in [3.8, 4) is 5.82 Å². The number of nitrogens with one attached hydrogen (secondary N) is 1. The predicted molar refractivity (Wildman–Crippen MR) is 67.4 cm³/mol. The van der Waals surface area contributed by atoms with Crippen LogP contribution in [-0.4, -0.2) is 26.6 Å². The minimum atomic E-state index is 0.753. The maximum atomic E-state index is 4.44. The topological polar surface area (TPSA) is 55.6 Å². The Morgan fingerprint density at radius 2 is 2.18 bits per heavy atom. The highest BCUT2D eigenvalue weighted by atomic mass is 15.1. The number of hydrogen-bond acceptors (Lipinski definition) is 4. The molecule has 17 heavy (non-hydrogen) atoms. The maximum absolute atomic E-state index is 4.44. The van der Waals surface area contributed by atoms with Crippen molar-refractivity contribution in [1.29, 1.82) is 0 Å². The zero-order valence-corrected chi connectivity index (χ0v) is 10.4. The molecule has 2 aromatic rings. The molecule has 0 spiro atoms. The van der Waals surface area contributed by atoms with Gasteiger partial charge < -0.3 is 5.32 Å². The average Bonchev–Trinajstić information content (AvgIpc) is 2.77. The minimum Gasteiger partial charge on any atom is -0.373 e. The van der Waals surface area contributed by atoms with Gasteiger partial charge in [-0.05, 0) is 13.3 Å². The van der Waals surface area contributed by atoms with Crippen molar-refractivity contribution in [3.63, 3.8) is 0 Å². The molecule has 0 atom stereocenters. The van der Waals surface area contributed by atoms with Gasteiger partial charge in [-0.1, -0.05) is 6.92 Å². The van der Waals surface area contributed by atoms with E-state index in [1.807, 2.05) is 37.0 Å². The van der Waals surface area contributed by atoms with Crippen LogP contribution in [0.5, 0.6) is 0 Å². The molecule has 1 N–H and O–H groups in total. The first-order chi connectivity index (χ1) is 8.24. The Balaban J connectivity index is 2.44. The van der Waals surface area contributed by atoms with E-state index in [2.05, 4.69) is 27.2 Å². The van der Waals surface area contributed by atoms with Crippen LogP contribution in [0.25, 0.3) is 5.82 Å². The Morgan fingerprint density at radius 1 is 1.35 bits per heavy atom. The third-order valence-corrected chi connectivity index (χ3v) is 2.52. The number of anilines is 1. The Kier molecular flexibility index (Phi) is 3.37. The van der Waals surface area contributed by atoms with Gasteiger partial charge in [0.15, 0.2) is 0 Å². The molecule has 2 rings (SSSR count). The third-order valence-electron chi connectivity index (χ3n) is 2.52. The second-order valence-electron chi connectivity index (χ2n) is 3.87. The summed E-state index contributed by atoms with van der Waals surface area (Å²) in [6.07, 6.45) is 5.76. The van der Waals surface area contributed by atoms with Crippen LogP contribution in [0.3, 0.4) is 0 Å². The Hall–Kier alpha value is -1.91. The lowest BCUT2D eigenvalue weighted by Gasteiger charge is -2.08. The van der Waals surface area contributed by atoms with Gasteiger partial charge in [-0.25, -0.2) is 15.0 Å². The lowest BCUT2D eigenvalue weighted by Crippen LogP contribution is -2.06. The molecule has 0 saturated carbocycles. The van der Waals surface area contributed by atoms with Crippen LogP contribution in [0, 0.1) is 6.92 Å². The molecular weight excluding hydrogens is 214 g/mol. The number of aromatic nitrogens is 4. The molecule has 0 aliphatic heterocycles. The van der Waals surface area contributed by atoms with E-state index in [9.17, 15) is 0 Å². The quantitative estimate of drug-likeness (QED) is 0.874. The summed E-state index contributed by atoms with van der Waals surface area (Å²) in [5.41, 5.74) is 0. The van der Waals surface area contributed by atoms with Gasteiger partial charge in [0.2, 0.25) is 0 Å². The van der Waals surface area contributed by atoms with Gasteiger partial charge in [-0.3, -0.25) is 4.57 Å². The van der Waals surface area contributed by atoms with E-state index in [-0.39, 0.29) is 0 Å². The molecule has 2 aromatic heterocycles. The van der Waals surface area contributed by atoms with E-state index < -0.39 is 0 Å². The number of nitrogens with zero attached hydrogens (tertiary/aromatic N) is 4. The van der Waals surface area contributed by atoms with Crippen molar-refractivity contribution in [1.82, 2.24) is 19.5 Å². The SMILES string of the molecule is CCCc1nccn1-c1cc(NC)nc(C)n1. The summed E-state index contributed by atoms with van der Waals surface area (Å²) >= 11 is 0. The van der Waals surface area contributed by atoms with Gasteiger partial charge in [0.05, 0.1) is 0 Å². The van der Waals surface area contributed by atoms with Crippen LogP contribution in [0.1, 0.15) is 25.0 Å². The van der Waals surface area contributed by atoms with E-state index in [1.165, 1.54) is 0 Å². The molecule has 0 amide bonds. The van der Waals surface area contributed by atoms with E-state index in [4.69, 9.17) is 0 Å².